The summed E-state index contributed by atoms with van der Waals surface area (Å²) in [6, 6.07) is 0. The molecule has 0 saturated carbocycles. The number of aliphatic hydroxyl groups excluding tert-OH is 1. The van der Waals surface area contributed by atoms with Crippen molar-refractivity contribution in [2.45, 2.75) is 79.1 Å². The Morgan fingerprint density at radius 2 is 0.750 bits per heavy atom. The van der Waals surface area contributed by atoms with Gasteiger partial charge < -0.3 is 9.59 Å². The van der Waals surface area contributed by atoms with Gasteiger partial charge in [0.25, 0.3) is 0 Å². The number of rotatable bonds is 12. The predicted octanol–water partition coefficient (Wildman–Crippen LogP) is 3.16. The molecule has 0 bridgehead atoms. The van der Waals surface area contributed by atoms with Gasteiger partial charge in [-0.2, -0.15) is 0 Å². The fourth-order valence-corrected chi connectivity index (χ4v) is 2.64. The van der Waals surface area contributed by atoms with E-state index < -0.39 is 0 Å². The Balaban J connectivity index is -0.000000916. The minimum Gasteiger partial charge on any atom is -0.400 e. The normalized spacial score (nSPS) is 10.5. The monoisotopic (exact) mass is 289 g/mol. The van der Waals surface area contributed by atoms with E-state index in [1.54, 1.807) is 0 Å². The SMILES string of the molecule is CCCC[N+](CCCC)(CCCC)CCCC.CO.[BH4-]. The molecular weight excluding hydrogens is 245 g/mol. The van der Waals surface area contributed by atoms with E-state index in [9.17, 15) is 0 Å². The lowest BCUT2D eigenvalue weighted by molar-refractivity contribution is -0.929. The lowest BCUT2D eigenvalue weighted by atomic mass is 10.1. The summed E-state index contributed by atoms with van der Waals surface area (Å²) in [6.45, 7) is 15.0. The fraction of sp³-hybridized carbons (Fsp3) is 1.00. The maximum absolute atomic E-state index is 7.00. The molecule has 20 heavy (non-hydrogen) atoms. The van der Waals surface area contributed by atoms with Gasteiger partial charge in [-0.25, -0.2) is 0 Å². The Labute approximate surface area is 131 Å². The van der Waals surface area contributed by atoms with Gasteiger partial charge in [0.2, 0.25) is 0 Å². The van der Waals surface area contributed by atoms with Crippen LogP contribution in [0.1, 0.15) is 79.1 Å². The smallest absolute Gasteiger partial charge is 0.0786 e. The molecule has 0 aromatic carbocycles. The van der Waals surface area contributed by atoms with Crippen LogP contribution in [0.2, 0.25) is 0 Å². The van der Waals surface area contributed by atoms with Crippen LogP contribution in [0, 0.1) is 0 Å². The Hall–Kier alpha value is -0.0151. The molecule has 126 valence electrons. The van der Waals surface area contributed by atoms with E-state index in [0.29, 0.717) is 0 Å². The van der Waals surface area contributed by atoms with Gasteiger partial charge in [-0.05, 0) is 25.7 Å². The summed E-state index contributed by atoms with van der Waals surface area (Å²) in [6.07, 6.45) is 11.1. The van der Waals surface area contributed by atoms with Crippen LogP contribution in [0.25, 0.3) is 0 Å². The quantitative estimate of drug-likeness (QED) is 0.432. The molecule has 0 saturated heterocycles. The van der Waals surface area contributed by atoms with Gasteiger partial charge in [0.1, 0.15) is 0 Å². The summed E-state index contributed by atoms with van der Waals surface area (Å²) in [5.41, 5.74) is 0. The van der Waals surface area contributed by atoms with E-state index in [1.807, 2.05) is 0 Å². The van der Waals surface area contributed by atoms with Crippen molar-refractivity contribution in [2.75, 3.05) is 33.3 Å². The van der Waals surface area contributed by atoms with E-state index in [-0.39, 0.29) is 8.41 Å². The molecule has 0 spiro atoms. The largest absolute Gasteiger partial charge is 0.400 e. The highest BCUT2D eigenvalue weighted by atomic mass is 16.2. The van der Waals surface area contributed by atoms with E-state index >= 15 is 0 Å². The second kappa shape index (κ2) is 19.0. The Morgan fingerprint density at radius 3 is 0.900 bits per heavy atom. The van der Waals surface area contributed by atoms with Crippen molar-refractivity contribution >= 4 is 8.41 Å². The van der Waals surface area contributed by atoms with E-state index in [1.165, 1.54) is 82.0 Å². The zero-order chi connectivity index (χ0) is 15.0. The molecule has 0 aliphatic carbocycles. The Bertz CT molecular complexity index is 128. The third-order valence-corrected chi connectivity index (χ3v) is 3.94. The summed E-state index contributed by atoms with van der Waals surface area (Å²) < 4.78 is 1.42. The van der Waals surface area contributed by atoms with Crippen LogP contribution in [0.4, 0.5) is 0 Å². The highest BCUT2D eigenvalue weighted by molar-refractivity contribution is 5.75. The lowest BCUT2D eigenvalue weighted by Gasteiger charge is -2.39. The number of unbranched alkanes of at least 4 members (excludes halogenated alkanes) is 4. The Kier molecular flexibility index (Phi) is 23.7. The second-order valence-corrected chi connectivity index (χ2v) is 5.65. The number of nitrogens with zero attached hydrogens (tertiary/aromatic N) is 1. The average molecular weight is 289 g/mol. The van der Waals surface area contributed by atoms with Gasteiger partial charge in [-0.15, -0.1) is 0 Å². The highest BCUT2D eigenvalue weighted by Crippen LogP contribution is 2.16. The van der Waals surface area contributed by atoms with E-state index in [4.69, 9.17) is 5.11 Å². The molecule has 0 atom stereocenters. The molecule has 0 unspecified atom stereocenters. The first kappa shape index (κ1) is 25.0. The molecule has 0 aromatic rings. The van der Waals surface area contributed by atoms with Gasteiger partial charge in [-0.1, -0.05) is 61.8 Å². The Morgan fingerprint density at radius 1 is 0.550 bits per heavy atom. The maximum Gasteiger partial charge on any atom is 0.0786 e. The average Bonchev–Trinajstić information content (AvgIpc) is 2.48. The predicted molar refractivity (Wildman–Crippen MR) is 98.8 cm³/mol. The summed E-state index contributed by atoms with van der Waals surface area (Å²) >= 11 is 0. The molecule has 3 heteroatoms. The summed E-state index contributed by atoms with van der Waals surface area (Å²) in [5.74, 6) is 0. The summed E-state index contributed by atoms with van der Waals surface area (Å²) in [7, 11) is 1.00. The number of hydrogen-bond acceptors (Lipinski definition) is 1. The van der Waals surface area contributed by atoms with Crippen LogP contribution in [0.5, 0.6) is 0 Å². The van der Waals surface area contributed by atoms with Gasteiger partial charge in [-0.3, -0.25) is 0 Å². The maximum atomic E-state index is 7.00. The molecule has 1 N–H and O–H groups in total. The van der Waals surface area contributed by atoms with Crippen molar-refractivity contribution < 1.29 is 9.59 Å². The van der Waals surface area contributed by atoms with Crippen molar-refractivity contribution in [1.29, 1.82) is 0 Å². The first-order valence-corrected chi connectivity index (χ1v) is 8.54. The molecular formula is C17H44BNO. The van der Waals surface area contributed by atoms with Gasteiger partial charge >= 0.3 is 0 Å². The van der Waals surface area contributed by atoms with E-state index in [2.05, 4.69) is 27.7 Å². The molecule has 0 heterocycles. The van der Waals surface area contributed by atoms with Gasteiger partial charge in [0, 0.05) is 7.11 Å². The first-order chi connectivity index (χ1) is 9.24. The van der Waals surface area contributed by atoms with Crippen LogP contribution >= 0.6 is 0 Å². The van der Waals surface area contributed by atoms with Crippen LogP contribution in [-0.2, 0) is 0 Å². The molecule has 0 aromatic heterocycles. The zero-order valence-electron chi connectivity index (χ0n) is 14.4. The van der Waals surface area contributed by atoms with Gasteiger partial charge in [0.15, 0.2) is 0 Å². The van der Waals surface area contributed by atoms with Crippen molar-refractivity contribution in [2.24, 2.45) is 0 Å². The molecule has 0 amide bonds. The fourth-order valence-electron chi connectivity index (χ4n) is 2.64. The zero-order valence-corrected chi connectivity index (χ0v) is 14.4. The standard InChI is InChI=1S/C16H36N.CH4O.BH4/c1-5-9-13-17(14-10-6-2,15-11-7-3)16-12-8-4;1-2;/h5-16H2,1-4H3;2H,1H3;1H4/q+1;;-1. The third-order valence-electron chi connectivity index (χ3n) is 3.94. The molecule has 0 rings (SSSR count). The first-order valence-electron chi connectivity index (χ1n) is 8.54. The minimum absolute atomic E-state index is 0. The summed E-state index contributed by atoms with van der Waals surface area (Å²) in [5, 5.41) is 7.00. The minimum atomic E-state index is 0. The van der Waals surface area contributed by atoms with Crippen molar-refractivity contribution in [3.8, 4) is 0 Å². The van der Waals surface area contributed by atoms with Crippen LogP contribution in [0.15, 0.2) is 0 Å². The number of aliphatic hydroxyl groups is 1. The van der Waals surface area contributed by atoms with Crippen molar-refractivity contribution in [3.05, 3.63) is 0 Å². The third kappa shape index (κ3) is 13.0. The van der Waals surface area contributed by atoms with E-state index in [0.717, 1.165) is 7.11 Å². The van der Waals surface area contributed by atoms with Crippen LogP contribution in [0.3, 0.4) is 0 Å². The highest BCUT2D eigenvalue weighted by Gasteiger charge is 2.24. The van der Waals surface area contributed by atoms with Crippen molar-refractivity contribution in [1.82, 2.24) is 0 Å². The van der Waals surface area contributed by atoms with Crippen LogP contribution in [-0.4, -0.2) is 51.3 Å². The molecule has 0 aliphatic rings. The lowest BCUT2D eigenvalue weighted by Crippen LogP contribution is -2.50. The molecule has 0 fully saturated rings. The molecule has 0 radical (unpaired) electrons. The molecule has 2 nitrogen and oxygen atoms in total. The summed E-state index contributed by atoms with van der Waals surface area (Å²) in [4.78, 5) is 0. The number of hydrogen-bond donors (Lipinski definition) is 1. The van der Waals surface area contributed by atoms with Crippen molar-refractivity contribution in [3.63, 3.8) is 0 Å². The molecule has 0 aliphatic heterocycles. The topological polar surface area (TPSA) is 20.2 Å². The second-order valence-electron chi connectivity index (χ2n) is 5.65. The van der Waals surface area contributed by atoms with Gasteiger partial charge in [0.05, 0.1) is 26.2 Å². The van der Waals surface area contributed by atoms with Crippen LogP contribution < -0.4 is 0 Å². The number of quaternary nitrogens is 1.